The number of rotatable bonds is 2. The van der Waals surface area contributed by atoms with Crippen molar-refractivity contribution in [1.29, 1.82) is 0 Å². The van der Waals surface area contributed by atoms with Gasteiger partial charge in [0.25, 0.3) is 0 Å². The average Bonchev–Trinajstić information content (AvgIpc) is 2.79. The molecule has 7 heteroatoms. The maximum atomic E-state index is 12.9. The van der Waals surface area contributed by atoms with Crippen LogP contribution in [0.2, 0.25) is 0 Å². The highest BCUT2D eigenvalue weighted by Gasteiger charge is 2.14. The number of hydrogen-bond acceptors (Lipinski definition) is 7. The van der Waals surface area contributed by atoms with Gasteiger partial charge in [-0.05, 0) is 25.1 Å². The Morgan fingerprint density at radius 2 is 1.03 bits per heavy atom. The predicted octanol–water partition coefficient (Wildman–Crippen LogP) is 3.06. The number of aryl methyl sites for hydroxylation is 1. The second-order valence-electron chi connectivity index (χ2n) is 7.00. The summed E-state index contributed by atoms with van der Waals surface area (Å²) in [4.78, 5) is 12.9. The third-order valence-corrected chi connectivity index (χ3v) is 4.61. The van der Waals surface area contributed by atoms with E-state index in [-0.39, 0.29) is 5.78 Å². The predicted molar refractivity (Wildman–Crippen MR) is 115 cm³/mol. The zero-order valence-corrected chi connectivity index (χ0v) is 18.0. The third-order valence-electron chi connectivity index (χ3n) is 4.61. The minimum atomic E-state index is -0.0670. The van der Waals surface area contributed by atoms with Crippen molar-refractivity contribution in [2.24, 2.45) is 0 Å². The molecule has 0 unspecified atom stereocenters. The number of ketones is 1. The SMILES string of the molecule is Cc1ccc(C(=O)c2ccc3c(c2)OCCOCCOCCOCCOCCO3)cc1. The highest BCUT2D eigenvalue weighted by atomic mass is 16.6. The summed E-state index contributed by atoms with van der Waals surface area (Å²) < 4.78 is 33.6. The van der Waals surface area contributed by atoms with Crippen molar-refractivity contribution >= 4 is 5.78 Å². The molecule has 0 saturated carbocycles. The fraction of sp³-hybridized carbons (Fsp3) is 0.458. The average molecular weight is 430 g/mol. The summed E-state index contributed by atoms with van der Waals surface area (Å²) in [5, 5.41) is 0. The number of fused-ring (bicyclic) bond motifs is 1. The molecule has 0 N–H and O–H groups in total. The first-order valence-corrected chi connectivity index (χ1v) is 10.6. The lowest BCUT2D eigenvalue weighted by Crippen LogP contribution is -2.16. The van der Waals surface area contributed by atoms with Crippen LogP contribution in [0.4, 0.5) is 0 Å². The van der Waals surface area contributed by atoms with E-state index in [0.717, 1.165) is 5.56 Å². The summed E-state index contributed by atoms with van der Waals surface area (Å²) in [5.74, 6) is 0.995. The van der Waals surface area contributed by atoms with E-state index in [1.54, 1.807) is 18.2 Å². The van der Waals surface area contributed by atoms with Crippen molar-refractivity contribution < 1.29 is 33.2 Å². The van der Waals surface area contributed by atoms with Crippen LogP contribution < -0.4 is 9.47 Å². The Labute approximate surface area is 183 Å². The third kappa shape index (κ3) is 7.95. The first-order chi connectivity index (χ1) is 15.2. The summed E-state index contributed by atoms with van der Waals surface area (Å²) in [5.41, 5.74) is 2.27. The van der Waals surface area contributed by atoms with Gasteiger partial charge in [0.15, 0.2) is 17.3 Å². The fourth-order valence-corrected chi connectivity index (χ4v) is 2.94. The summed E-state index contributed by atoms with van der Waals surface area (Å²) in [6.45, 7) is 6.52. The topological polar surface area (TPSA) is 72.5 Å². The Morgan fingerprint density at radius 3 is 1.58 bits per heavy atom. The molecule has 1 heterocycles. The molecule has 0 saturated heterocycles. The van der Waals surface area contributed by atoms with Gasteiger partial charge in [-0.25, -0.2) is 0 Å². The van der Waals surface area contributed by atoms with E-state index in [1.807, 2.05) is 31.2 Å². The van der Waals surface area contributed by atoms with Gasteiger partial charge in [0, 0.05) is 11.1 Å². The normalized spacial score (nSPS) is 17.3. The van der Waals surface area contributed by atoms with Gasteiger partial charge in [0.05, 0.1) is 52.9 Å². The maximum Gasteiger partial charge on any atom is 0.193 e. The van der Waals surface area contributed by atoms with Gasteiger partial charge in [-0.1, -0.05) is 29.8 Å². The molecule has 1 aliphatic rings. The summed E-state index contributed by atoms with van der Waals surface area (Å²) >= 11 is 0. The number of carbonyl (C=O) groups is 1. The first-order valence-electron chi connectivity index (χ1n) is 10.6. The van der Waals surface area contributed by atoms with E-state index in [1.165, 1.54) is 0 Å². The lowest BCUT2D eigenvalue weighted by atomic mass is 10.0. The monoisotopic (exact) mass is 430 g/mol. The van der Waals surface area contributed by atoms with E-state index >= 15 is 0 Å². The van der Waals surface area contributed by atoms with Gasteiger partial charge in [-0.3, -0.25) is 4.79 Å². The van der Waals surface area contributed by atoms with Crippen LogP contribution in [0.1, 0.15) is 21.5 Å². The smallest absolute Gasteiger partial charge is 0.193 e. The molecule has 0 amide bonds. The molecule has 0 spiro atoms. The molecular formula is C24H30O7. The molecule has 1 aliphatic heterocycles. The molecule has 168 valence electrons. The molecule has 0 aliphatic carbocycles. The highest BCUT2D eigenvalue weighted by molar-refractivity contribution is 6.09. The maximum absolute atomic E-state index is 12.9. The molecule has 2 aromatic carbocycles. The standard InChI is InChI=1S/C24H30O7/c1-19-2-4-20(5-3-19)24(25)21-6-7-22-23(18-21)31-17-15-29-13-11-27-9-8-26-10-12-28-14-16-30-22/h2-7,18H,8-17H2,1H3. The Balaban J connectivity index is 1.67. The van der Waals surface area contributed by atoms with Crippen LogP contribution in [0.3, 0.4) is 0 Å². The van der Waals surface area contributed by atoms with Crippen LogP contribution in [0, 0.1) is 6.92 Å². The van der Waals surface area contributed by atoms with Crippen molar-refractivity contribution in [3.05, 3.63) is 59.2 Å². The van der Waals surface area contributed by atoms with Gasteiger partial charge in [0.1, 0.15) is 13.2 Å². The minimum absolute atomic E-state index is 0.0670. The largest absolute Gasteiger partial charge is 0.487 e. The molecule has 31 heavy (non-hydrogen) atoms. The van der Waals surface area contributed by atoms with E-state index in [9.17, 15) is 4.79 Å². The molecule has 0 atom stereocenters. The van der Waals surface area contributed by atoms with Gasteiger partial charge >= 0.3 is 0 Å². The van der Waals surface area contributed by atoms with Crippen LogP contribution in [0.25, 0.3) is 0 Å². The number of hydrogen-bond donors (Lipinski definition) is 0. The van der Waals surface area contributed by atoms with Gasteiger partial charge in [0.2, 0.25) is 0 Å². The molecule has 0 bridgehead atoms. The van der Waals surface area contributed by atoms with Crippen LogP contribution in [0.15, 0.2) is 42.5 Å². The Kier molecular flexibility index (Phi) is 9.79. The van der Waals surface area contributed by atoms with Crippen molar-refractivity contribution in [2.75, 3.05) is 66.1 Å². The lowest BCUT2D eigenvalue weighted by molar-refractivity contribution is -0.00841. The quantitative estimate of drug-likeness (QED) is 0.678. The molecule has 2 aromatic rings. The Hall–Kier alpha value is -2.45. The van der Waals surface area contributed by atoms with Crippen LogP contribution in [-0.2, 0) is 18.9 Å². The van der Waals surface area contributed by atoms with Crippen molar-refractivity contribution in [3.63, 3.8) is 0 Å². The number of benzene rings is 2. The van der Waals surface area contributed by atoms with Crippen LogP contribution >= 0.6 is 0 Å². The molecule has 7 nitrogen and oxygen atoms in total. The minimum Gasteiger partial charge on any atom is -0.487 e. The highest BCUT2D eigenvalue weighted by Crippen LogP contribution is 2.29. The Morgan fingerprint density at radius 1 is 0.581 bits per heavy atom. The molecular weight excluding hydrogens is 400 g/mol. The van der Waals surface area contributed by atoms with Crippen LogP contribution in [-0.4, -0.2) is 71.9 Å². The summed E-state index contributed by atoms with van der Waals surface area (Å²) in [6.07, 6.45) is 0. The number of carbonyl (C=O) groups excluding carboxylic acids is 1. The Bertz CT molecular complexity index is 804. The van der Waals surface area contributed by atoms with Crippen molar-refractivity contribution in [1.82, 2.24) is 0 Å². The van der Waals surface area contributed by atoms with Crippen LogP contribution in [0.5, 0.6) is 11.5 Å². The molecule has 3 rings (SSSR count). The van der Waals surface area contributed by atoms with Gasteiger partial charge in [-0.15, -0.1) is 0 Å². The van der Waals surface area contributed by atoms with Gasteiger partial charge in [-0.2, -0.15) is 0 Å². The second-order valence-corrected chi connectivity index (χ2v) is 7.00. The van der Waals surface area contributed by atoms with E-state index in [2.05, 4.69) is 0 Å². The molecule has 0 aromatic heterocycles. The zero-order valence-electron chi connectivity index (χ0n) is 18.0. The van der Waals surface area contributed by atoms with E-state index < -0.39 is 0 Å². The summed E-state index contributed by atoms with van der Waals surface area (Å²) in [7, 11) is 0. The van der Waals surface area contributed by atoms with Crippen molar-refractivity contribution in [3.8, 4) is 11.5 Å². The van der Waals surface area contributed by atoms with E-state index in [0.29, 0.717) is 88.7 Å². The lowest BCUT2D eigenvalue weighted by Gasteiger charge is -2.15. The van der Waals surface area contributed by atoms with Gasteiger partial charge < -0.3 is 28.4 Å². The fourth-order valence-electron chi connectivity index (χ4n) is 2.94. The van der Waals surface area contributed by atoms with E-state index in [4.69, 9.17) is 28.4 Å². The second kappa shape index (κ2) is 13.1. The number of ether oxygens (including phenoxy) is 6. The molecule has 0 radical (unpaired) electrons. The molecule has 0 fully saturated rings. The first kappa shape index (κ1) is 23.2. The summed E-state index contributed by atoms with van der Waals surface area (Å²) in [6, 6.07) is 12.7. The van der Waals surface area contributed by atoms with Crippen molar-refractivity contribution in [2.45, 2.75) is 6.92 Å². The zero-order chi connectivity index (χ0) is 21.7.